The van der Waals surface area contributed by atoms with Gasteiger partial charge in [0.2, 0.25) is 5.91 Å². The fourth-order valence-electron chi connectivity index (χ4n) is 4.67. The lowest BCUT2D eigenvalue weighted by atomic mass is 9.95. The van der Waals surface area contributed by atoms with Gasteiger partial charge in [-0.3, -0.25) is 9.59 Å². The van der Waals surface area contributed by atoms with Gasteiger partial charge in [0.1, 0.15) is 11.5 Å². The second-order valence-corrected chi connectivity index (χ2v) is 8.97. The van der Waals surface area contributed by atoms with E-state index in [-0.39, 0.29) is 5.91 Å². The number of nitrogens with two attached hydrogens (primary N) is 1. The van der Waals surface area contributed by atoms with E-state index in [1.165, 1.54) is 45.3 Å². The van der Waals surface area contributed by atoms with Crippen molar-refractivity contribution in [2.75, 3.05) is 32.7 Å². The third kappa shape index (κ3) is 5.88. The number of rotatable bonds is 6. The first-order chi connectivity index (χ1) is 15.6. The molecule has 0 aliphatic carbocycles. The summed E-state index contributed by atoms with van der Waals surface area (Å²) in [6.07, 6.45) is 7.57. The van der Waals surface area contributed by atoms with Crippen LogP contribution in [0, 0.1) is 5.92 Å². The summed E-state index contributed by atoms with van der Waals surface area (Å²) in [6, 6.07) is 13.9. The van der Waals surface area contributed by atoms with Crippen molar-refractivity contribution in [2.45, 2.75) is 38.5 Å². The first kappa shape index (κ1) is 22.3. The molecule has 2 aromatic carbocycles. The number of hydrogen-bond acceptors (Lipinski definition) is 4. The minimum atomic E-state index is -0.467. The summed E-state index contributed by atoms with van der Waals surface area (Å²) in [6.45, 7) is 5.34. The Labute approximate surface area is 190 Å². The Bertz CT molecular complexity index is 895. The maximum atomic E-state index is 12.9. The Morgan fingerprint density at radius 1 is 0.781 bits per heavy atom. The second-order valence-electron chi connectivity index (χ2n) is 8.97. The summed E-state index contributed by atoms with van der Waals surface area (Å²) >= 11 is 0. The van der Waals surface area contributed by atoms with Crippen LogP contribution in [0.25, 0.3) is 0 Å². The Kier molecular flexibility index (Phi) is 7.43. The first-order valence-corrected chi connectivity index (χ1v) is 11.8. The van der Waals surface area contributed by atoms with E-state index in [9.17, 15) is 9.59 Å². The molecule has 2 heterocycles. The number of primary amides is 1. The monoisotopic (exact) mass is 435 g/mol. The Hall–Kier alpha value is -2.86. The van der Waals surface area contributed by atoms with Crippen LogP contribution < -0.4 is 10.5 Å². The van der Waals surface area contributed by atoms with E-state index in [1.54, 1.807) is 36.4 Å². The lowest BCUT2D eigenvalue weighted by molar-refractivity contribution is 0.0667. The Balaban J connectivity index is 1.27. The minimum absolute atomic E-state index is 0.0931. The molecule has 6 heteroatoms. The number of carbonyl (C=O) groups excluding carboxylic acids is 2. The van der Waals surface area contributed by atoms with Crippen LogP contribution in [-0.4, -0.2) is 54.3 Å². The lowest BCUT2D eigenvalue weighted by Crippen LogP contribution is -2.41. The molecule has 2 amide bonds. The van der Waals surface area contributed by atoms with Gasteiger partial charge in [-0.1, -0.05) is 12.8 Å². The Morgan fingerprint density at radius 3 is 1.84 bits per heavy atom. The van der Waals surface area contributed by atoms with Crippen LogP contribution in [0.4, 0.5) is 0 Å². The third-order valence-electron chi connectivity index (χ3n) is 6.59. The van der Waals surface area contributed by atoms with Gasteiger partial charge in [0.05, 0.1) is 0 Å². The van der Waals surface area contributed by atoms with Gasteiger partial charge in [0, 0.05) is 30.8 Å². The standard InChI is InChI=1S/C26H33N3O3/c27-25(30)21-5-9-23(10-6-21)32-24-11-7-22(8-12-24)26(31)29-17-13-20(14-18-29)19-28-15-3-1-2-4-16-28/h5-12,20H,1-4,13-19H2,(H2,27,30). The number of piperidine rings is 1. The van der Waals surface area contributed by atoms with Crippen LogP contribution in [0.1, 0.15) is 59.2 Å². The molecule has 2 saturated heterocycles. The van der Waals surface area contributed by atoms with E-state index in [2.05, 4.69) is 4.90 Å². The van der Waals surface area contributed by atoms with E-state index in [1.807, 2.05) is 17.0 Å². The topological polar surface area (TPSA) is 75.9 Å². The van der Waals surface area contributed by atoms with Gasteiger partial charge < -0.3 is 20.3 Å². The molecule has 2 fully saturated rings. The molecule has 0 bridgehead atoms. The van der Waals surface area contributed by atoms with Gasteiger partial charge in [-0.15, -0.1) is 0 Å². The molecular formula is C26H33N3O3. The highest BCUT2D eigenvalue weighted by Crippen LogP contribution is 2.25. The molecule has 2 aliphatic heterocycles. The molecule has 2 aliphatic rings. The van der Waals surface area contributed by atoms with Crippen LogP contribution >= 0.6 is 0 Å². The van der Waals surface area contributed by atoms with Crippen LogP contribution in [0.2, 0.25) is 0 Å². The maximum Gasteiger partial charge on any atom is 0.253 e. The van der Waals surface area contributed by atoms with Crippen LogP contribution in [0.15, 0.2) is 48.5 Å². The number of amides is 2. The molecule has 0 unspecified atom stereocenters. The van der Waals surface area contributed by atoms with Crippen molar-refractivity contribution >= 4 is 11.8 Å². The SMILES string of the molecule is NC(=O)c1ccc(Oc2ccc(C(=O)N3CCC(CN4CCCCCC4)CC3)cc2)cc1. The van der Waals surface area contributed by atoms with Crippen LogP contribution in [0.3, 0.4) is 0 Å². The van der Waals surface area contributed by atoms with Crippen molar-refractivity contribution in [1.82, 2.24) is 9.80 Å². The number of benzene rings is 2. The molecule has 0 spiro atoms. The molecule has 0 saturated carbocycles. The average Bonchev–Trinajstić information content (AvgIpc) is 3.09. The molecule has 2 aromatic rings. The fourth-order valence-corrected chi connectivity index (χ4v) is 4.67. The first-order valence-electron chi connectivity index (χ1n) is 11.8. The van der Waals surface area contributed by atoms with Gasteiger partial charge in [-0.2, -0.15) is 0 Å². The van der Waals surface area contributed by atoms with Crippen LogP contribution in [0.5, 0.6) is 11.5 Å². The van der Waals surface area contributed by atoms with E-state index in [0.29, 0.717) is 28.5 Å². The van der Waals surface area contributed by atoms with Crippen molar-refractivity contribution in [1.29, 1.82) is 0 Å². The van der Waals surface area contributed by atoms with Crippen molar-refractivity contribution < 1.29 is 14.3 Å². The summed E-state index contributed by atoms with van der Waals surface area (Å²) in [7, 11) is 0. The van der Waals surface area contributed by atoms with E-state index >= 15 is 0 Å². The van der Waals surface area contributed by atoms with Crippen molar-refractivity contribution in [3.63, 3.8) is 0 Å². The van der Waals surface area contributed by atoms with Crippen LogP contribution in [-0.2, 0) is 0 Å². The highest BCUT2D eigenvalue weighted by molar-refractivity contribution is 5.94. The smallest absolute Gasteiger partial charge is 0.253 e. The average molecular weight is 436 g/mol. The quantitative estimate of drug-likeness (QED) is 0.734. The molecule has 170 valence electrons. The molecule has 4 rings (SSSR count). The van der Waals surface area contributed by atoms with E-state index in [4.69, 9.17) is 10.5 Å². The van der Waals surface area contributed by atoms with E-state index < -0.39 is 5.91 Å². The summed E-state index contributed by atoms with van der Waals surface area (Å²) < 4.78 is 5.81. The highest BCUT2D eigenvalue weighted by Gasteiger charge is 2.25. The molecule has 2 N–H and O–H groups in total. The van der Waals surface area contributed by atoms with Gasteiger partial charge in [0.15, 0.2) is 0 Å². The van der Waals surface area contributed by atoms with Gasteiger partial charge in [0.25, 0.3) is 5.91 Å². The van der Waals surface area contributed by atoms with Crippen molar-refractivity contribution in [3.05, 3.63) is 59.7 Å². The lowest BCUT2D eigenvalue weighted by Gasteiger charge is -2.34. The highest BCUT2D eigenvalue weighted by atomic mass is 16.5. The molecule has 6 nitrogen and oxygen atoms in total. The third-order valence-corrected chi connectivity index (χ3v) is 6.59. The summed E-state index contributed by atoms with van der Waals surface area (Å²) in [5.41, 5.74) is 6.39. The molecule has 32 heavy (non-hydrogen) atoms. The maximum absolute atomic E-state index is 12.9. The number of ether oxygens (including phenoxy) is 1. The van der Waals surface area contributed by atoms with Gasteiger partial charge >= 0.3 is 0 Å². The van der Waals surface area contributed by atoms with Crippen molar-refractivity contribution in [3.8, 4) is 11.5 Å². The Morgan fingerprint density at radius 2 is 1.31 bits per heavy atom. The minimum Gasteiger partial charge on any atom is -0.457 e. The van der Waals surface area contributed by atoms with E-state index in [0.717, 1.165) is 25.9 Å². The van der Waals surface area contributed by atoms with Gasteiger partial charge in [-0.05, 0) is 93.2 Å². The number of nitrogens with zero attached hydrogens (tertiary/aromatic N) is 2. The summed E-state index contributed by atoms with van der Waals surface area (Å²) in [5.74, 6) is 1.58. The van der Waals surface area contributed by atoms with Crippen molar-refractivity contribution in [2.24, 2.45) is 11.7 Å². The predicted molar refractivity (Wildman–Crippen MR) is 125 cm³/mol. The molecule has 0 radical (unpaired) electrons. The number of carbonyl (C=O) groups is 2. The number of likely N-dealkylation sites (tertiary alicyclic amines) is 2. The normalized spacial score (nSPS) is 18.2. The zero-order valence-electron chi connectivity index (χ0n) is 18.7. The largest absolute Gasteiger partial charge is 0.457 e. The number of hydrogen-bond donors (Lipinski definition) is 1. The van der Waals surface area contributed by atoms with Gasteiger partial charge in [-0.25, -0.2) is 0 Å². The zero-order valence-corrected chi connectivity index (χ0v) is 18.7. The molecule has 0 atom stereocenters. The molecule has 0 aromatic heterocycles. The second kappa shape index (κ2) is 10.6. The predicted octanol–water partition coefficient (Wildman–Crippen LogP) is 4.31. The zero-order chi connectivity index (χ0) is 22.3. The fraction of sp³-hybridized carbons (Fsp3) is 0.462. The summed E-state index contributed by atoms with van der Waals surface area (Å²) in [5, 5.41) is 0. The summed E-state index contributed by atoms with van der Waals surface area (Å²) in [4.78, 5) is 28.7. The molecular weight excluding hydrogens is 402 g/mol.